The van der Waals surface area contributed by atoms with Crippen molar-refractivity contribution >= 4 is 54.0 Å². The summed E-state index contributed by atoms with van der Waals surface area (Å²) >= 11 is 8.48. The molecule has 0 atom stereocenters. The van der Waals surface area contributed by atoms with Crippen molar-refractivity contribution in [1.29, 1.82) is 0 Å². The van der Waals surface area contributed by atoms with Gasteiger partial charge in [-0.25, -0.2) is 4.98 Å². The van der Waals surface area contributed by atoms with Gasteiger partial charge in [-0.2, -0.15) is 0 Å². The maximum atomic E-state index is 4.43. The Kier molecular flexibility index (Phi) is 3.03. The van der Waals surface area contributed by atoms with Crippen LogP contribution in [0.4, 0.5) is 0 Å². The number of thiazole rings is 1. The summed E-state index contributed by atoms with van der Waals surface area (Å²) in [6.07, 6.45) is 0. The van der Waals surface area contributed by atoms with Gasteiger partial charge < -0.3 is 0 Å². The van der Waals surface area contributed by atoms with Crippen LogP contribution < -0.4 is 0 Å². The third-order valence-electron chi connectivity index (χ3n) is 2.57. The highest BCUT2D eigenvalue weighted by atomic mass is 79.9. The molecule has 0 saturated carbocycles. The van der Waals surface area contributed by atoms with Crippen molar-refractivity contribution in [2.45, 2.75) is 0 Å². The maximum absolute atomic E-state index is 4.43. The Labute approximate surface area is 120 Å². The molecule has 0 aliphatic carbocycles. The number of halogens is 2. The zero-order chi connectivity index (χ0) is 11.8. The summed E-state index contributed by atoms with van der Waals surface area (Å²) in [7, 11) is 0. The van der Waals surface area contributed by atoms with Gasteiger partial charge in [-0.05, 0) is 44.9 Å². The SMILES string of the molecule is Brc1ccc2cc(-c3csc(Br)n3)ccc2c1. The molecule has 0 spiro atoms. The topological polar surface area (TPSA) is 12.9 Å². The van der Waals surface area contributed by atoms with Crippen LogP contribution in [0.15, 0.2) is 50.2 Å². The molecule has 0 aliphatic heterocycles. The normalized spacial score (nSPS) is 10.9. The second-order valence-corrected chi connectivity index (χ2v) is 6.74. The first-order valence-corrected chi connectivity index (χ1v) is 7.50. The van der Waals surface area contributed by atoms with E-state index in [2.05, 4.69) is 78.6 Å². The highest BCUT2D eigenvalue weighted by molar-refractivity contribution is 9.11. The van der Waals surface area contributed by atoms with Gasteiger partial charge in [-0.3, -0.25) is 0 Å². The summed E-state index contributed by atoms with van der Waals surface area (Å²) < 4.78 is 2.03. The van der Waals surface area contributed by atoms with Crippen molar-refractivity contribution in [3.63, 3.8) is 0 Å². The first-order valence-electron chi connectivity index (χ1n) is 5.03. The lowest BCUT2D eigenvalue weighted by Crippen LogP contribution is -1.79. The van der Waals surface area contributed by atoms with Gasteiger partial charge in [0.05, 0.1) is 5.69 Å². The first-order chi connectivity index (χ1) is 8.22. The molecule has 0 saturated heterocycles. The number of hydrogen-bond donors (Lipinski definition) is 0. The summed E-state index contributed by atoms with van der Waals surface area (Å²) in [6, 6.07) is 12.7. The minimum absolute atomic E-state index is 0.920. The molecular weight excluding hydrogens is 362 g/mol. The van der Waals surface area contributed by atoms with E-state index in [-0.39, 0.29) is 0 Å². The number of rotatable bonds is 1. The van der Waals surface area contributed by atoms with E-state index < -0.39 is 0 Å². The molecule has 84 valence electrons. The summed E-state index contributed by atoms with van der Waals surface area (Å²) in [4.78, 5) is 4.43. The number of nitrogens with zero attached hydrogens (tertiary/aromatic N) is 1. The van der Waals surface area contributed by atoms with E-state index in [9.17, 15) is 0 Å². The van der Waals surface area contributed by atoms with Crippen LogP contribution in [0.3, 0.4) is 0 Å². The molecule has 1 heterocycles. The van der Waals surface area contributed by atoms with Crippen LogP contribution in [0.1, 0.15) is 0 Å². The Morgan fingerprint density at radius 1 is 0.941 bits per heavy atom. The Morgan fingerprint density at radius 2 is 1.71 bits per heavy atom. The second-order valence-electron chi connectivity index (χ2n) is 3.69. The molecule has 4 heteroatoms. The average molecular weight is 369 g/mol. The standard InChI is InChI=1S/C13H7Br2NS/c14-11-4-3-8-5-10(2-1-9(8)6-11)12-7-17-13(15)16-12/h1-7H. The van der Waals surface area contributed by atoms with E-state index in [1.807, 2.05) is 0 Å². The van der Waals surface area contributed by atoms with E-state index in [0.29, 0.717) is 0 Å². The van der Waals surface area contributed by atoms with Crippen LogP contribution in [0, 0.1) is 0 Å². The fourth-order valence-electron chi connectivity index (χ4n) is 1.76. The lowest BCUT2D eigenvalue weighted by atomic mass is 10.1. The van der Waals surface area contributed by atoms with Crippen molar-refractivity contribution in [1.82, 2.24) is 4.98 Å². The van der Waals surface area contributed by atoms with Gasteiger partial charge in [0.25, 0.3) is 0 Å². The smallest absolute Gasteiger partial charge is 0.159 e. The maximum Gasteiger partial charge on any atom is 0.159 e. The highest BCUT2D eigenvalue weighted by Crippen LogP contribution is 2.28. The molecule has 0 unspecified atom stereocenters. The number of benzene rings is 2. The number of fused-ring (bicyclic) bond motifs is 1. The predicted molar refractivity (Wildman–Crippen MR) is 80.5 cm³/mol. The molecule has 1 aromatic heterocycles. The van der Waals surface area contributed by atoms with Gasteiger partial charge in [0.1, 0.15) is 0 Å². The quantitative estimate of drug-likeness (QED) is 0.553. The third-order valence-corrected chi connectivity index (χ3v) is 4.43. The molecule has 0 N–H and O–H groups in total. The van der Waals surface area contributed by atoms with E-state index in [0.717, 1.165) is 19.6 Å². The Balaban J connectivity index is 2.16. The van der Waals surface area contributed by atoms with Crippen LogP contribution in [0.5, 0.6) is 0 Å². The van der Waals surface area contributed by atoms with Crippen LogP contribution in [-0.4, -0.2) is 4.98 Å². The van der Waals surface area contributed by atoms with Gasteiger partial charge in [0, 0.05) is 15.4 Å². The first kappa shape index (κ1) is 11.4. The van der Waals surface area contributed by atoms with E-state index in [1.165, 1.54) is 10.8 Å². The Hall–Kier alpha value is -0.710. The largest absolute Gasteiger partial charge is 0.229 e. The van der Waals surface area contributed by atoms with Crippen LogP contribution >= 0.6 is 43.2 Å². The zero-order valence-electron chi connectivity index (χ0n) is 8.65. The van der Waals surface area contributed by atoms with Gasteiger partial charge >= 0.3 is 0 Å². The Bertz CT molecular complexity index is 691. The van der Waals surface area contributed by atoms with Crippen LogP contribution in [0.25, 0.3) is 22.0 Å². The van der Waals surface area contributed by atoms with E-state index >= 15 is 0 Å². The van der Waals surface area contributed by atoms with E-state index in [4.69, 9.17) is 0 Å². The zero-order valence-corrected chi connectivity index (χ0v) is 12.6. The van der Waals surface area contributed by atoms with Crippen molar-refractivity contribution in [2.24, 2.45) is 0 Å². The van der Waals surface area contributed by atoms with Crippen molar-refractivity contribution < 1.29 is 0 Å². The molecule has 0 bridgehead atoms. The molecule has 2 aromatic carbocycles. The van der Waals surface area contributed by atoms with Gasteiger partial charge in [-0.1, -0.05) is 34.1 Å². The van der Waals surface area contributed by atoms with Crippen LogP contribution in [-0.2, 0) is 0 Å². The van der Waals surface area contributed by atoms with E-state index in [1.54, 1.807) is 11.3 Å². The molecule has 0 aliphatic rings. The molecule has 3 rings (SSSR count). The summed E-state index contributed by atoms with van der Waals surface area (Å²) in [5.74, 6) is 0. The Morgan fingerprint density at radius 3 is 2.47 bits per heavy atom. The fraction of sp³-hybridized carbons (Fsp3) is 0. The molecule has 1 nitrogen and oxygen atoms in total. The monoisotopic (exact) mass is 367 g/mol. The number of hydrogen-bond acceptors (Lipinski definition) is 2. The van der Waals surface area contributed by atoms with Gasteiger partial charge in [-0.15, -0.1) is 11.3 Å². The fourth-order valence-corrected chi connectivity index (χ4v) is 3.16. The third kappa shape index (κ3) is 2.30. The van der Waals surface area contributed by atoms with Gasteiger partial charge in [0.15, 0.2) is 3.92 Å². The molecule has 0 radical (unpaired) electrons. The van der Waals surface area contributed by atoms with Gasteiger partial charge in [0.2, 0.25) is 0 Å². The predicted octanol–water partition coefficient (Wildman–Crippen LogP) is 5.49. The van der Waals surface area contributed by atoms with Crippen molar-refractivity contribution in [3.8, 4) is 11.3 Å². The molecule has 0 amide bonds. The minimum Gasteiger partial charge on any atom is -0.229 e. The average Bonchev–Trinajstić information content (AvgIpc) is 2.75. The summed E-state index contributed by atoms with van der Waals surface area (Å²) in [6.45, 7) is 0. The van der Waals surface area contributed by atoms with Crippen LogP contribution in [0.2, 0.25) is 0 Å². The lowest BCUT2D eigenvalue weighted by molar-refractivity contribution is 1.38. The van der Waals surface area contributed by atoms with Crippen molar-refractivity contribution in [3.05, 3.63) is 50.2 Å². The highest BCUT2D eigenvalue weighted by Gasteiger charge is 2.04. The lowest BCUT2D eigenvalue weighted by Gasteiger charge is -2.01. The molecular formula is C13H7Br2NS. The molecule has 3 aromatic rings. The summed E-state index contributed by atoms with van der Waals surface area (Å²) in [5.41, 5.74) is 2.17. The molecule has 17 heavy (non-hydrogen) atoms. The molecule has 0 fully saturated rings. The minimum atomic E-state index is 0.920. The van der Waals surface area contributed by atoms with Crippen molar-refractivity contribution in [2.75, 3.05) is 0 Å². The number of aromatic nitrogens is 1. The second kappa shape index (κ2) is 4.52. The summed E-state index contributed by atoms with van der Waals surface area (Å²) in [5, 5.41) is 4.52.